The van der Waals surface area contributed by atoms with Crippen molar-refractivity contribution in [2.75, 3.05) is 19.8 Å². The van der Waals surface area contributed by atoms with Crippen LogP contribution in [-0.2, 0) is 4.79 Å². The molecule has 0 aliphatic rings. The Labute approximate surface area is 132 Å². The zero-order valence-corrected chi connectivity index (χ0v) is 13.0. The monoisotopic (exact) mass is 349 g/mol. The number of rotatable bonds is 7. The summed E-state index contributed by atoms with van der Waals surface area (Å²) >= 11 is 3.35. The van der Waals surface area contributed by atoms with Crippen molar-refractivity contribution in [1.82, 2.24) is 5.32 Å². The van der Waals surface area contributed by atoms with Crippen LogP contribution in [0.25, 0.3) is 0 Å². The lowest BCUT2D eigenvalue weighted by Gasteiger charge is -2.09. The molecule has 2 rings (SSSR count). The Morgan fingerprint density at radius 1 is 1.00 bits per heavy atom. The SMILES string of the molecule is O=C(COc1cccc(Br)c1)NCCOc1ccccc1. The highest BCUT2D eigenvalue weighted by Crippen LogP contribution is 2.17. The van der Waals surface area contributed by atoms with E-state index in [1.165, 1.54) is 0 Å². The summed E-state index contributed by atoms with van der Waals surface area (Å²) in [6.45, 7) is 0.851. The molecule has 0 aromatic heterocycles. The largest absolute Gasteiger partial charge is 0.492 e. The van der Waals surface area contributed by atoms with Crippen LogP contribution in [0.3, 0.4) is 0 Å². The summed E-state index contributed by atoms with van der Waals surface area (Å²) in [7, 11) is 0. The summed E-state index contributed by atoms with van der Waals surface area (Å²) in [4.78, 5) is 11.6. The fourth-order valence-corrected chi connectivity index (χ4v) is 2.01. The average molecular weight is 350 g/mol. The zero-order valence-electron chi connectivity index (χ0n) is 11.4. The Morgan fingerprint density at radius 2 is 1.76 bits per heavy atom. The van der Waals surface area contributed by atoms with E-state index in [1.54, 1.807) is 6.07 Å². The van der Waals surface area contributed by atoms with Crippen LogP contribution < -0.4 is 14.8 Å². The third kappa shape index (κ3) is 5.87. The Balaban J connectivity index is 1.62. The fraction of sp³-hybridized carbons (Fsp3) is 0.188. The minimum atomic E-state index is -0.174. The van der Waals surface area contributed by atoms with Gasteiger partial charge in [0, 0.05) is 4.47 Å². The fourth-order valence-electron chi connectivity index (χ4n) is 1.63. The number of hydrogen-bond donors (Lipinski definition) is 1. The van der Waals surface area contributed by atoms with Crippen molar-refractivity contribution in [2.24, 2.45) is 0 Å². The summed E-state index contributed by atoms with van der Waals surface area (Å²) in [5.41, 5.74) is 0. The van der Waals surface area contributed by atoms with E-state index in [0.29, 0.717) is 18.9 Å². The van der Waals surface area contributed by atoms with Gasteiger partial charge in [-0.2, -0.15) is 0 Å². The molecule has 0 bridgehead atoms. The Hall–Kier alpha value is -2.01. The number of nitrogens with one attached hydrogen (secondary N) is 1. The van der Waals surface area contributed by atoms with Crippen LogP contribution in [-0.4, -0.2) is 25.7 Å². The van der Waals surface area contributed by atoms with Gasteiger partial charge in [-0.1, -0.05) is 40.2 Å². The van der Waals surface area contributed by atoms with Gasteiger partial charge in [0.15, 0.2) is 6.61 Å². The number of amides is 1. The molecule has 4 nitrogen and oxygen atoms in total. The zero-order chi connectivity index (χ0) is 14.9. The van der Waals surface area contributed by atoms with Crippen LogP contribution in [0.2, 0.25) is 0 Å². The molecule has 0 fully saturated rings. The highest BCUT2D eigenvalue weighted by Gasteiger charge is 2.02. The smallest absolute Gasteiger partial charge is 0.258 e. The first-order valence-electron chi connectivity index (χ1n) is 6.57. The standard InChI is InChI=1S/C16H16BrNO3/c17-13-5-4-8-15(11-13)21-12-16(19)18-9-10-20-14-6-2-1-3-7-14/h1-8,11H,9-10,12H2,(H,18,19). The molecule has 0 unspecified atom stereocenters. The second-order valence-electron chi connectivity index (χ2n) is 4.26. The predicted molar refractivity (Wildman–Crippen MR) is 84.6 cm³/mol. The van der Waals surface area contributed by atoms with Crippen molar-refractivity contribution < 1.29 is 14.3 Å². The van der Waals surface area contributed by atoms with Crippen LogP contribution in [0.5, 0.6) is 11.5 Å². The van der Waals surface area contributed by atoms with Crippen molar-refractivity contribution in [3.8, 4) is 11.5 Å². The molecule has 0 radical (unpaired) electrons. The van der Waals surface area contributed by atoms with E-state index in [0.717, 1.165) is 10.2 Å². The van der Waals surface area contributed by atoms with Crippen LogP contribution in [0.4, 0.5) is 0 Å². The van der Waals surface area contributed by atoms with E-state index in [1.807, 2.05) is 48.5 Å². The van der Waals surface area contributed by atoms with Crippen LogP contribution >= 0.6 is 15.9 Å². The van der Waals surface area contributed by atoms with Crippen LogP contribution in [0, 0.1) is 0 Å². The molecule has 0 saturated heterocycles. The highest BCUT2D eigenvalue weighted by molar-refractivity contribution is 9.10. The molecule has 1 amide bonds. The van der Waals surface area contributed by atoms with Crippen LogP contribution in [0.15, 0.2) is 59.1 Å². The molecule has 5 heteroatoms. The van der Waals surface area contributed by atoms with Crippen molar-refractivity contribution in [2.45, 2.75) is 0 Å². The average Bonchev–Trinajstić information content (AvgIpc) is 2.51. The third-order valence-electron chi connectivity index (χ3n) is 2.60. The second kappa shape index (κ2) is 8.32. The lowest BCUT2D eigenvalue weighted by Crippen LogP contribution is -2.32. The lowest BCUT2D eigenvalue weighted by molar-refractivity contribution is -0.123. The predicted octanol–water partition coefficient (Wildman–Crippen LogP) is 3.02. The molecule has 0 spiro atoms. The maximum absolute atomic E-state index is 11.6. The van der Waals surface area contributed by atoms with Gasteiger partial charge in [-0.3, -0.25) is 4.79 Å². The summed E-state index contributed by atoms with van der Waals surface area (Å²) in [5.74, 6) is 1.27. The van der Waals surface area contributed by atoms with E-state index in [9.17, 15) is 4.79 Å². The van der Waals surface area contributed by atoms with Gasteiger partial charge in [0.2, 0.25) is 0 Å². The molecule has 2 aromatic carbocycles. The number of hydrogen-bond acceptors (Lipinski definition) is 3. The van der Waals surface area contributed by atoms with Crippen molar-refractivity contribution in [1.29, 1.82) is 0 Å². The van der Waals surface area contributed by atoms with Gasteiger partial charge in [0.05, 0.1) is 6.54 Å². The maximum Gasteiger partial charge on any atom is 0.258 e. The number of carbonyl (C=O) groups is 1. The Kier molecular flexibility index (Phi) is 6.09. The maximum atomic E-state index is 11.6. The van der Waals surface area contributed by atoms with Gasteiger partial charge in [0.1, 0.15) is 18.1 Å². The van der Waals surface area contributed by atoms with Gasteiger partial charge in [-0.05, 0) is 30.3 Å². The molecule has 21 heavy (non-hydrogen) atoms. The summed E-state index contributed by atoms with van der Waals surface area (Å²) in [6.07, 6.45) is 0. The first kappa shape index (κ1) is 15.4. The van der Waals surface area contributed by atoms with Gasteiger partial charge in [-0.25, -0.2) is 0 Å². The molecule has 2 aromatic rings. The van der Waals surface area contributed by atoms with E-state index >= 15 is 0 Å². The van der Waals surface area contributed by atoms with Crippen molar-refractivity contribution in [3.63, 3.8) is 0 Å². The van der Waals surface area contributed by atoms with Gasteiger partial charge >= 0.3 is 0 Å². The Bertz CT molecular complexity index is 575. The molecular weight excluding hydrogens is 334 g/mol. The lowest BCUT2D eigenvalue weighted by atomic mass is 10.3. The van der Waals surface area contributed by atoms with E-state index in [2.05, 4.69) is 21.2 Å². The number of para-hydroxylation sites is 1. The first-order chi connectivity index (χ1) is 10.2. The molecule has 0 heterocycles. The normalized spacial score (nSPS) is 9.95. The van der Waals surface area contributed by atoms with E-state index < -0.39 is 0 Å². The molecule has 110 valence electrons. The number of ether oxygens (including phenoxy) is 2. The summed E-state index contributed by atoms with van der Waals surface area (Å²) < 4.78 is 11.8. The quantitative estimate of drug-likeness (QED) is 0.781. The molecule has 0 aliphatic heterocycles. The highest BCUT2D eigenvalue weighted by atomic mass is 79.9. The topological polar surface area (TPSA) is 47.6 Å². The minimum Gasteiger partial charge on any atom is -0.492 e. The van der Waals surface area contributed by atoms with E-state index in [-0.39, 0.29) is 12.5 Å². The molecule has 1 N–H and O–H groups in total. The first-order valence-corrected chi connectivity index (χ1v) is 7.36. The van der Waals surface area contributed by atoms with Crippen molar-refractivity contribution in [3.05, 3.63) is 59.1 Å². The van der Waals surface area contributed by atoms with Gasteiger partial charge < -0.3 is 14.8 Å². The molecule has 0 atom stereocenters. The minimum absolute atomic E-state index is 0.0121. The molecule has 0 aliphatic carbocycles. The van der Waals surface area contributed by atoms with Gasteiger partial charge in [0.25, 0.3) is 5.91 Å². The number of carbonyl (C=O) groups excluding carboxylic acids is 1. The number of halogens is 1. The van der Waals surface area contributed by atoms with Crippen molar-refractivity contribution >= 4 is 21.8 Å². The summed E-state index contributed by atoms with van der Waals surface area (Å²) in [6, 6.07) is 16.8. The Morgan fingerprint density at radius 3 is 2.52 bits per heavy atom. The molecular formula is C16H16BrNO3. The summed E-state index contributed by atoms with van der Waals surface area (Å²) in [5, 5.41) is 2.74. The second-order valence-corrected chi connectivity index (χ2v) is 5.17. The van der Waals surface area contributed by atoms with Gasteiger partial charge in [-0.15, -0.1) is 0 Å². The number of benzene rings is 2. The molecule has 0 saturated carbocycles. The third-order valence-corrected chi connectivity index (χ3v) is 3.10. The van der Waals surface area contributed by atoms with Crippen LogP contribution in [0.1, 0.15) is 0 Å². The van der Waals surface area contributed by atoms with E-state index in [4.69, 9.17) is 9.47 Å².